The van der Waals surface area contributed by atoms with Crippen molar-refractivity contribution in [3.8, 4) is 5.75 Å². The first-order chi connectivity index (χ1) is 8.79. The van der Waals surface area contributed by atoms with Crippen LogP contribution < -0.4 is 10.5 Å². The molecule has 18 heavy (non-hydrogen) atoms. The van der Waals surface area contributed by atoms with Crippen LogP contribution in [0.2, 0.25) is 0 Å². The zero-order chi connectivity index (χ0) is 12.5. The minimum Gasteiger partial charge on any atom is -0.497 e. The monoisotopic (exact) mass is 244 g/mol. The molecule has 3 nitrogen and oxygen atoms in total. The van der Waals surface area contributed by atoms with E-state index in [9.17, 15) is 0 Å². The normalized spacial score (nSPS) is 24.3. The summed E-state index contributed by atoms with van der Waals surface area (Å²) in [7, 11) is 1.71. The smallest absolute Gasteiger partial charge is 0.119 e. The molecular weight excluding hydrogens is 224 g/mol. The van der Waals surface area contributed by atoms with Gasteiger partial charge in [0.25, 0.3) is 0 Å². The van der Waals surface area contributed by atoms with E-state index in [0.717, 1.165) is 12.2 Å². The molecule has 1 saturated carbocycles. The number of hydrogen-bond acceptors (Lipinski definition) is 2. The lowest BCUT2D eigenvalue weighted by atomic mass is 9.80. The lowest BCUT2D eigenvalue weighted by molar-refractivity contribution is 0.387. The summed E-state index contributed by atoms with van der Waals surface area (Å²) in [6, 6.07) is 6.47. The van der Waals surface area contributed by atoms with Crippen LogP contribution >= 0.6 is 0 Å². The average Bonchev–Trinajstić information content (AvgIpc) is 2.82. The number of rotatable bonds is 2. The Morgan fingerprint density at radius 1 is 1.28 bits per heavy atom. The Morgan fingerprint density at radius 3 is 2.89 bits per heavy atom. The van der Waals surface area contributed by atoms with Crippen LogP contribution in [0.4, 0.5) is 0 Å². The summed E-state index contributed by atoms with van der Waals surface area (Å²) in [6.07, 6.45) is 7.02. The van der Waals surface area contributed by atoms with Gasteiger partial charge >= 0.3 is 0 Å². The van der Waals surface area contributed by atoms with Crippen molar-refractivity contribution in [1.29, 1.82) is 0 Å². The molecule has 1 aromatic carbocycles. The van der Waals surface area contributed by atoms with E-state index >= 15 is 0 Å². The van der Waals surface area contributed by atoms with E-state index in [2.05, 4.69) is 23.3 Å². The number of hydrogen-bond donors (Lipinski definition) is 2. The molecule has 1 fully saturated rings. The van der Waals surface area contributed by atoms with Crippen molar-refractivity contribution in [2.45, 2.75) is 37.6 Å². The Kier molecular flexibility index (Phi) is 3.00. The second-order valence-corrected chi connectivity index (χ2v) is 5.21. The number of nitrogens with one attached hydrogen (secondary N) is 1. The number of aromatic amines is 1. The van der Waals surface area contributed by atoms with Crippen molar-refractivity contribution >= 4 is 10.9 Å². The van der Waals surface area contributed by atoms with Crippen molar-refractivity contribution in [3.05, 3.63) is 30.0 Å². The number of benzene rings is 1. The van der Waals surface area contributed by atoms with Gasteiger partial charge in [-0.3, -0.25) is 0 Å². The molecule has 3 rings (SSSR count). The highest BCUT2D eigenvalue weighted by Crippen LogP contribution is 2.36. The van der Waals surface area contributed by atoms with E-state index < -0.39 is 0 Å². The molecule has 1 aromatic heterocycles. The largest absolute Gasteiger partial charge is 0.497 e. The predicted molar refractivity (Wildman–Crippen MR) is 74.0 cm³/mol. The summed E-state index contributed by atoms with van der Waals surface area (Å²) in [5.74, 6) is 1.40. The fraction of sp³-hybridized carbons (Fsp3) is 0.467. The van der Waals surface area contributed by atoms with Gasteiger partial charge < -0.3 is 15.5 Å². The molecule has 2 unspecified atom stereocenters. The first kappa shape index (κ1) is 11.6. The molecule has 0 aliphatic heterocycles. The van der Waals surface area contributed by atoms with Crippen LogP contribution in [0.1, 0.15) is 37.2 Å². The molecule has 1 aliphatic rings. The molecular formula is C15H20N2O. The summed E-state index contributed by atoms with van der Waals surface area (Å²) < 4.78 is 5.32. The highest BCUT2D eigenvalue weighted by Gasteiger charge is 2.25. The third-order valence-corrected chi connectivity index (χ3v) is 4.14. The summed E-state index contributed by atoms with van der Waals surface area (Å²) in [4.78, 5) is 3.35. The average molecular weight is 244 g/mol. The molecule has 2 atom stereocenters. The third-order valence-electron chi connectivity index (χ3n) is 4.14. The Hall–Kier alpha value is -1.48. The maximum Gasteiger partial charge on any atom is 0.119 e. The Balaban J connectivity index is 2.05. The Morgan fingerprint density at radius 2 is 2.11 bits per heavy atom. The van der Waals surface area contributed by atoms with Crippen molar-refractivity contribution in [1.82, 2.24) is 4.98 Å². The number of aromatic nitrogens is 1. The molecule has 0 radical (unpaired) electrons. The predicted octanol–water partition coefficient (Wildman–Crippen LogP) is 3.16. The van der Waals surface area contributed by atoms with Crippen LogP contribution in [0, 0.1) is 0 Å². The molecule has 0 bridgehead atoms. The standard InChI is InChI=1S/C15H20N2O/c1-18-10-6-7-15-12(8-10)13(9-17-15)11-4-2-3-5-14(11)16/h6-9,11,14,17H,2-5,16H2,1H3. The van der Waals surface area contributed by atoms with Crippen LogP contribution in [0.25, 0.3) is 10.9 Å². The summed E-state index contributed by atoms with van der Waals surface area (Å²) in [6.45, 7) is 0. The number of ether oxygens (including phenoxy) is 1. The van der Waals surface area contributed by atoms with Gasteiger partial charge in [0.2, 0.25) is 0 Å². The van der Waals surface area contributed by atoms with Crippen LogP contribution in [-0.2, 0) is 0 Å². The zero-order valence-corrected chi connectivity index (χ0v) is 10.8. The van der Waals surface area contributed by atoms with Gasteiger partial charge in [-0.25, -0.2) is 0 Å². The van der Waals surface area contributed by atoms with Crippen LogP contribution in [-0.4, -0.2) is 18.1 Å². The van der Waals surface area contributed by atoms with Crippen LogP contribution in [0.3, 0.4) is 0 Å². The molecule has 2 aromatic rings. The lowest BCUT2D eigenvalue weighted by Gasteiger charge is -2.28. The van der Waals surface area contributed by atoms with E-state index in [-0.39, 0.29) is 0 Å². The highest BCUT2D eigenvalue weighted by atomic mass is 16.5. The van der Waals surface area contributed by atoms with Crippen molar-refractivity contribution in [2.24, 2.45) is 5.73 Å². The molecule has 0 saturated heterocycles. The third kappa shape index (κ3) is 1.89. The molecule has 1 heterocycles. The highest BCUT2D eigenvalue weighted by molar-refractivity contribution is 5.85. The Bertz CT molecular complexity index is 546. The van der Waals surface area contributed by atoms with Crippen LogP contribution in [0.5, 0.6) is 5.75 Å². The van der Waals surface area contributed by atoms with Crippen molar-refractivity contribution < 1.29 is 4.74 Å². The van der Waals surface area contributed by atoms with Crippen molar-refractivity contribution in [2.75, 3.05) is 7.11 Å². The quantitative estimate of drug-likeness (QED) is 0.852. The second-order valence-electron chi connectivity index (χ2n) is 5.21. The number of fused-ring (bicyclic) bond motifs is 1. The minimum absolute atomic E-state index is 0.295. The number of nitrogens with two attached hydrogens (primary N) is 1. The van der Waals surface area contributed by atoms with Gasteiger partial charge in [0, 0.05) is 29.1 Å². The fourth-order valence-electron chi connectivity index (χ4n) is 3.10. The van der Waals surface area contributed by atoms with Gasteiger partial charge in [-0.15, -0.1) is 0 Å². The molecule has 3 heteroatoms. The van der Waals surface area contributed by atoms with Gasteiger partial charge in [0.05, 0.1) is 7.11 Å². The maximum absolute atomic E-state index is 6.29. The van der Waals surface area contributed by atoms with E-state index in [1.54, 1.807) is 7.11 Å². The van der Waals surface area contributed by atoms with Gasteiger partial charge in [0.15, 0.2) is 0 Å². The number of H-pyrrole nitrogens is 1. The fourth-order valence-corrected chi connectivity index (χ4v) is 3.10. The summed E-state index contributed by atoms with van der Waals surface area (Å²) in [5.41, 5.74) is 8.81. The molecule has 0 amide bonds. The van der Waals surface area contributed by atoms with E-state index in [1.165, 1.54) is 35.7 Å². The molecule has 1 aliphatic carbocycles. The summed E-state index contributed by atoms with van der Waals surface area (Å²) in [5, 5.41) is 1.26. The second kappa shape index (κ2) is 4.65. The van der Waals surface area contributed by atoms with Gasteiger partial charge in [-0.1, -0.05) is 12.8 Å². The van der Waals surface area contributed by atoms with E-state index in [1.807, 2.05) is 6.07 Å². The van der Waals surface area contributed by atoms with Crippen LogP contribution in [0.15, 0.2) is 24.4 Å². The minimum atomic E-state index is 0.295. The maximum atomic E-state index is 6.29. The lowest BCUT2D eigenvalue weighted by Crippen LogP contribution is -2.31. The molecule has 3 N–H and O–H groups in total. The first-order valence-corrected chi connectivity index (χ1v) is 6.70. The topological polar surface area (TPSA) is 51.0 Å². The molecule has 96 valence electrons. The summed E-state index contributed by atoms with van der Waals surface area (Å²) >= 11 is 0. The SMILES string of the molecule is COc1ccc2[nH]cc(C3CCCCC3N)c2c1. The van der Waals surface area contributed by atoms with Gasteiger partial charge in [0.1, 0.15) is 5.75 Å². The zero-order valence-electron chi connectivity index (χ0n) is 10.8. The molecule has 0 spiro atoms. The number of methoxy groups -OCH3 is 1. The first-order valence-electron chi connectivity index (χ1n) is 6.70. The van der Waals surface area contributed by atoms with Gasteiger partial charge in [-0.05, 0) is 36.6 Å². The van der Waals surface area contributed by atoms with E-state index in [4.69, 9.17) is 10.5 Å². The van der Waals surface area contributed by atoms with Gasteiger partial charge in [-0.2, -0.15) is 0 Å². The Labute approximate surface area is 107 Å². The van der Waals surface area contributed by atoms with E-state index in [0.29, 0.717) is 12.0 Å². The van der Waals surface area contributed by atoms with Crippen molar-refractivity contribution in [3.63, 3.8) is 0 Å².